The van der Waals surface area contributed by atoms with Gasteiger partial charge in [-0.3, -0.25) is 9.59 Å². The number of anilines is 1. The molecule has 0 saturated heterocycles. The van der Waals surface area contributed by atoms with Gasteiger partial charge in [-0.25, -0.2) is 0 Å². The van der Waals surface area contributed by atoms with E-state index in [1.165, 1.54) is 0 Å². The molecule has 1 amide bonds. The van der Waals surface area contributed by atoms with Gasteiger partial charge < -0.3 is 15.2 Å². The minimum absolute atomic E-state index is 0.227. The fraction of sp³-hybridized carbons (Fsp3) is 0.300. The number of benzene rings is 2. The van der Waals surface area contributed by atoms with Crippen LogP contribution >= 0.6 is 0 Å². The number of carboxylic acids is 1. The summed E-state index contributed by atoms with van der Waals surface area (Å²) in [6.07, 6.45) is 1.88. The standard InChI is InChI=1S/C20H21NO4/c1-25-18-10-7-15(12-14(18)11-13-5-3-2-4-6-13)21-19(22)16-8-9-17(16)20(23)24/h2-7,10,12,16-17H,8-9,11H2,1H3,(H,21,22)(H,23,24). The molecule has 1 fully saturated rings. The van der Waals surface area contributed by atoms with Crippen molar-refractivity contribution in [3.63, 3.8) is 0 Å². The van der Waals surface area contributed by atoms with Crippen LogP contribution in [0, 0.1) is 11.8 Å². The van der Waals surface area contributed by atoms with Gasteiger partial charge in [0, 0.05) is 17.7 Å². The van der Waals surface area contributed by atoms with Gasteiger partial charge in [0.2, 0.25) is 5.91 Å². The molecule has 0 spiro atoms. The predicted octanol–water partition coefficient (Wildman–Crippen LogP) is 3.34. The number of carboxylic acid groups (broad SMARTS) is 1. The maximum atomic E-state index is 12.3. The molecule has 2 aromatic rings. The van der Waals surface area contributed by atoms with Crippen molar-refractivity contribution in [2.45, 2.75) is 19.3 Å². The summed E-state index contributed by atoms with van der Waals surface area (Å²) >= 11 is 0. The molecule has 1 saturated carbocycles. The highest BCUT2D eigenvalue weighted by atomic mass is 16.5. The van der Waals surface area contributed by atoms with E-state index in [-0.39, 0.29) is 5.91 Å². The monoisotopic (exact) mass is 339 g/mol. The van der Waals surface area contributed by atoms with Crippen LogP contribution in [0.5, 0.6) is 5.75 Å². The predicted molar refractivity (Wildman–Crippen MR) is 94.7 cm³/mol. The highest BCUT2D eigenvalue weighted by Crippen LogP contribution is 2.35. The van der Waals surface area contributed by atoms with Crippen LogP contribution in [0.2, 0.25) is 0 Å². The molecule has 1 aliphatic rings. The minimum atomic E-state index is -0.897. The second kappa shape index (κ2) is 7.38. The molecule has 25 heavy (non-hydrogen) atoms. The molecule has 2 atom stereocenters. The minimum Gasteiger partial charge on any atom is -0.496 e. The van der Waals surface area contributed by atoms with Gasteiger partial charge in [-0.2, -0.15) is 0 Å². The Morgan fingerprint density at radius 3 is 2.44 bits per heavy atom. The van der Waals surface area contributed by atoms with Crippen molar-refractivity contribution in [3.8, 4) is 5.75 Å². The fourth-order valence-electron chi connectivity index (χ4n) is 3.15. The van der Waals surface area contributed by atoms with Crippen molar-refractivity contribution >= 4 is 17.6 Å². The molecule has 3 rings (SSSR count). The summed E-state index contributed by atoms with van der Waals surface area (Å²) in [5.74, 6) is -1.38. The van der Waals surface area contributed by atoms with Crippen molar-refractivity contribution in [1.29, 1.82) is 0 Å². The second-order valence-electron chi connectivity index (χ2n) is 6.31. The lowest BCUT2D eigenvalue weighted by atomic mass is 9.73. The summed E-state index contributed by atoms with van der Waals surface area (Å²) in [7, 11) is 1.62. The maximum Gasteiger partial charge on any atom is 0.307 e. The zero-order valence-electron chi connectivity index (χ0n) is 14.1. The normalized spacial score (nSPS) is 18.9. The van der Waals surface area contributed by atoms with Crippen LogP contribution < -0.4 is 10.1 Å². The van der Waals surface area contributed by atoms with E-state index in [2.05, 4.69) is 5.32 Å². The molecule has 5 nitrogen and oxygen atoms in total. The Morgan fingerprint density at radius 1 is 1.12 bits per heavy atom. The zero-order valence-corrected chi connectivity index (χ0v) is 14.1. The number of ether oxygens (including phenoxy) is 1. The van der Waals surface area contributed by atoms with Gasteiger partial charge in [-0.15, -0.1) is 0 Å². The number of rotatable bonds is 6. The number of carbonyl (C=O) groups excluding carboxylic acids is 1. The van der Waals surface area contributed by atoms with Crippen molar-refractivity contribution in [3.05, 3.63) is 59.7 Å². The van der Waals surface area contributed by atoms with E-state index in [1.807, 2.05) is 42.5 Å². The Hall–Kier alpha value is -2.82. The van der Waals surface area contributed by atoms with Gasteiger partial charge in [-0.05, 0) is 36.6 Å². The van der Waals surface area contributed by atoms with E-state index in [4.69, 9.17) is 9.84 Å². The highest BCUT2D eigenvalue weighted by molar-refractivity contribution is 5.96. The Balaban J connectivity index is 1.75. The first kappa shape index (κ1) is 17.0. The Morgan fingerprint density at radius 2 is 1.84 bits per heavy atom. The topological polar surface area (TPSA) is 75.6 Å². The van der Waals surface area contributed by atoms with Crippen LogP contribution in [0.25, 0.3) is 0 Å². The van der Waals surface area contributed by atoms with E-state index < -0.39 is 17.8 Å². The number of amides is 1. The zero-order chi connectivity index (χ0) is 17.8. The van der Waals surface area contributed by atoms with E-state index in [0.717, 1.165) is 16.9 Å². The Kier molecular flexibility index (Phi) is 5.03. The number of hydrogen-bond acceptors (Lipinski definition) is 3. The third-order valence-corrected chi connectivity index (χ3v) is 4.71. The summed E-state index contributed by atoms with van der Waals surface area (Å²) < 4.78 is 5.42. The van der Waals surface area contributed by atoms with Crippen LogP contribution in [0.1, 0.15) is 24.0 Å². The van der Waals surface area contributed by atoms with E-state index in [1.54, 1.807) is 13.2 Å². The van der Waals surface area contributed by atoms with Crippen molar-refractivity contribution in [2.24, 2.45) is 11.8 Å². The van der Waals surface area contributed by atoms with Crippen molar-refractivity contribution in [1.82, 2.24) is 0 Å². The number of carbonyl (C=O) groups is 2. The van der Waals surface area contributed by atoms with Crippen LogP contribution in [0.15, 0.2) is 48.5 Å². The van der Waals surface area contributed by atoms with Gasteiger partial charge in [0.25, 0.3) is 0 Å². The Bertz CT molecular complexity index is 773. The third kappa shape index (κ3) is 3.82. The number of aliphatic carboxylic acids is 1. The van der Waals surface area contributed by atoms with E-state index in [0.29, 0.717) is 24.9 Å². The average molecular weight is 339 g/mol. The summed E-state index contributed by atoms with van der Waals surface area (Å²) in [4.78, 5) is 23.4. The molecule has 0 bridgehead atoms. The fourth-order valence-corrected chi connectivity index (χ4v) is 3.15. The SMILES string of the molecule is COc1ccc(NC(=O)C2CCC2C(=O)O)cc1Cc1ccccc1. The van der Waals surface area contributed by atoms with Gasteiger partial charge in [0.05, 0.1) is 18.9 Å². The van der Waals surface area contributed by atoms with Crippen LogP contribution in [-0.2, 0) is 16.0 Å². The molecular formula is C20H21NO4. The molecule has 1 aliphatic carbocycles. The first-order valence-electron chi connectivity index (χ1n) is 8.33. The lowest BCUT2D eigenvalue weighted by Gasteiger charge is -2.31. The first-order chi connectivity index (χ1) is 12.1. The quantitative estimate of drug-likeness (QED) is 0.846. The van der Waals surface area contributed by atoms with E-state index >= 15 is 0 Å². The van der Waals surface area contributed by atoms with Gasteiger partial charge in [0.15, 0.2) is 0 Å². The van der Waals surface area contributed by atoms with Crippen LogP contribution in [0.3, 0.4) is 0 Å². The molecule has 0 aromatic heterocycles. The number of hydrogen-bond donors (Lipinski definition) is 2. The van der Waals surface area contributed by atoms with Crippen molar-refractivity contribution < 1.29 is 19.4 Å². The summed E-state index contributed by atoms with van der Waals surface area (Å²) in [6, 6.07) is 15.5. The Labute approximate surface area is 146 Å². The lowest BCUT2D eigenvalue weighted by Crippen LogP contribution is -2.41. The highest BCUT2D eigenvalue weighted by Gasteiger charge is 2.41. The summed E-state index contributed by atoms with van der Waals surface area (Å²) in [6.45, 7) is 0. The molecule has 0 heterocycles. The largest absolute Gasteiger partial charge is 0.496 e. The maximum absolute atomic E-state index is 12.3. The van der Waals surface area contributed by atoms with Gasteiger partial charge in [0.1, 0.15) is 5.75 Å². The summed E-state index contributed by atoms with van der Waals surface area (Å²) in [5.41, 5.74) is 2.77. The van der Waals surface area contributed by atoms with Crippen molar-refractivity contribution in [2.75, 3.05) is 12.4 Å². The van der Waals surface area contributed by atoms with Gasteiger partial charge in [-0.1, -0.05) is 30.3 Å². The molecule has 2 unspecified atom stereocenters. The smallest absolute Gasteiger partial charge is 0.307 e. The molecule has 2 N–H and O–H groups in total. The summed E-state index contributed by atoms with van der Waals surface area (Å²) in [5, 5.41) is 11.9. The number of methoxy groups -OCH3 is 1. The lowest BCUT2D eigenvalue weighted by molar-refractivity contribution is -0.151. The molecule has 0 aliphatic heterocycles. The second-order valence-corrected chi connectivity index (χ2v) is 6.31. The third-order valence-electron chi connectivity index (χ3n) is 4.71. The average Bonchev–Trinajstić information content (AvgIpc) is 2.54. The first-order valence-corrected chi connectivity index (χ1v) is 8.33. The molecular weight excluding hydrogens is 318 g/mol. The molecule has 0 radical (unpaired) electrons. The van der Waals surface area contributed by atoms with Crippen LogP contribution in [-0.4, -0.2) is 24.1 Å². The van der Waals surface area contributed by atoms with Crippen LogP contribution in [0.4, 0.5) is 5.69 Å². The molecule has 2 aromatic carbocycles. The molecule has 130 valence electrons. The number of nitrogens with one attached hydrogen (secondary N) is 1. The van der Waals surface area contributed by atoms with E-state index in [9.17, 15) is 9.59 Å². The van der Waals surface area contributed by atoms with Gasteiger partial charge >= 0.3 is 5.97 Å². The molecule has 5 heteroatoms.